The summed E-state index contributed by atoms with van der Waals surface area (Å²) >= 11 is 1.73. The smallest absolute Gasteiger partial charge is 0.252 e. The van der Waals surface area contributed by atoms with Gasteiger partial charge in [0.05, 0.1) is 5.56 Å². The van der Waals surface area contributed by atoms with Gasteiger partial charge in [0.25, 0.3) is 5.91 Å². The number of amides is 1. The van der Waals surface area contributed by atoms with E-state index in [-0.39, 0.29) is 5.91 Å². The van der Waals surface area contributed by atoms with Gasteiger partial charge in [0.1, 0.15) is 0 Å². The van der Waals surface area contributed by atoms with Gasteiger partial charge in [-0.05, 0) is 18.6 Å². The summed E-state index contributed by atoms with van der Waals surface area (Å²) in [7, 11) is 0. The third-order valence-electron chi connectivity index (χ3n) is 2.31. The van der Waals surface area contributed by atoms with Crippen molar-refractivity contribution in [2.24, 2.45) is 0 Å². The first-order valence-electron chi connectivity index (χ1n) is 6.19. The molecule has 0 spiro atoms. The Balaban J connectivity index is 2.71. The van der Waals surface area contributed by atoms with Crippen molar-refractivity contribution < 1.29 is 4.79 Å². The molecule has 0 bridgehead atoms. The lowest BCUT2D eigenvalue weighted by Gasteiger charge is -2.11. The zero-order valence-electron chi connectivity index (χ0n) is 10.8. The van der Waals surface area contributed by atoms with Crippen LogP contribution in [-0.2, 0) is 0 Å². The fourth-order valence-corrected chi connectivity index (χ4v) is 2.44. The molecule has 3 heteroatoms. The highest BCUT2D eigenvalue weighted by Gasteiger charge is 2.11. The SMILES string of the molecule is CCCCNC(=O)c1ccccc1SC(C)C. The lowest BCUT2D eigenvalue weighted by molar-refractivity contribution is 0.0950. The third kappa shape index (κ3) is 4.82. The van der Waals surface area contributed by atoms with Crippen LogP contribution in [0.15, 0.2) is 29.2 Å². The minimum Gasteiger partial charge on any atom is -0.352 e. The van der Waals surface area contributed by atoms with Crippen LogP contribution in [0.2, 0.25) is 0 Å². The zero-order chi connectivity index (χ0) is 12.7. The average molecular weight is 251 g/mol. The number of benzene rings is 1. The molecule has 1 aromatic carbocycles. The maximum atomic E-state index is 12.0. The molecule has 0 aromatic heterocycles. The lowest BCUT2D eigenvalue weighted by atomic mass is 10.2. The van der Waals surface area contributed by atoms with Crippen LogP contribution in [0.25, 0.3) is 0 Å². The van der Waals surface area contributed by atoms with Gasteiger partial charge < -0.3 is 5.32 Å². The number of carbonyl (C=O) groups excluding carboxylic acids is 1. The Bertz CT molecular complexity index is 363. The second-order valence-corrected chi connectivity index (χ2v) is 5.89. The van der Waals surface area contributed by atoms with Gasteiger partial charge in [-0.1, -0.05) is 39.3 Å². The molecular weight excluding hydrogens is 230 g/mol. The van der Waals surface area contributed by atoms with Gasteiger partial charge in [-0.3, -0.25) is 4.79 Å². The molecule has 94 valence electrons. The van der Waals surface area contributed by atoms with Crippen LogP contribution in [-0.4, -0.2) is 17.7 Å². The van der Waals surface area contributed by atoms with Gasteiger partial charge in [-0.15, -0.1) is 11.8 Å². The maximum absolute atomic E-state index is 12.0. The Kier molecular flexibility index (Phi) is 6.12. The van der Waals surface area contributed by atoms with Crippen molar-refractivity contribution in [3.05, 3.63) is 29.8 Å². The van der Waals surface area contributed by atoms with E-state index in [4.69, 9.17) is 0 Å². The first kappa shape index (κ1) is 14.1. The van der Waals surface area contributed by atoms with Gasteiger partial charge in [0.2, 0.25) is 0 Å². The van der Waals surface area contributed by atoms with Gasteiger partial charge in [0, 0.05) is 16.7 Å². The Morgan fingerprint density at radius 2 is 2.06 bits per heavy atom. The first-order chi connectivity index (χ1) is 8.15. The maximum Gasteiger partial charge on any atom is 0.252 e. The predicted octanol–water partition coefficient (Wildman–Crippen LogP) is 3.72. The second-order valence-electron chi connectivity index (χ2n) is 4.27. The summed E-state index contributed by atoms with van der Waals surface area (Å²) in [4.78, 5) is 13.1. The van der Waals surface area contributed by atoms with Crippen molar-refractivity contribution in [3.8, 4) is 0 Å². The Morgan fingerprint density at radius 3 is 2.71 bits per heavy atom. The van der Waals surface area contributed by atoms with Crippen LogP contribution >= 0.6 is 11.8 Å². The highest BCUT2D eigenvalue weighted by Crippen LogP contribution is 2.26. The van der Waals surface area contributed by atoms with E-state index in [1.54, 1.807) is 11.8 Å². The molecule has 0 radical (unpaired) electrons. The second kappa shape index (κ2) is 7.38. The number of hydrogen-bond donors (Lipinski definition) is 1. The molecule has 1 N–H and O–H groups in total. The summed E-state index contributed by atoms with van der Waals surface area (Å²) < 4.78 is 0. The molecular formula is C14H21NOS. The molecule has 2 nitrogen and oxygen atoms in total. The summed E-state index contributed by atoms with van der Waals surface area (Å²) in [5, 5.41) is 3.45. The number of unbranched alkanes of at least 4 members (excludes halogenated alkanes) is 1. The van der Waals surface area contributed by atoms with E-state index >= 15 is 0 Å². The predicted molar refractivity (Wildman–Crippen MR) is 74.7 cm³/mol. The summed E-state index contributed by atoms with van der Waals surface area (Å²) in [5.41, 5.74) is 0.794. The molecule has 17 heavy (non-hydrogen) atoms. The molecule has 0 atom stereocenters. The molecule has 0 heterocycles. The quantitative estimate of drug-likeness (QED) is 0.617. The Morgan fingerprint density at radius 1 is 1.35 bits per heavy atom. The van der Waals surface area contributed by atoms with E-state index < -0.39 is 0 Å². The molecule has 0 saturated heterocycles. The summed E-state index contributed by atoms with van der Waals surface area (Å²) in [5.74, 6) is 0.0437. The zero-order valence-corrected chi connectivity index (χ0v) is 11.6. The van der Waals surface area contributed by atoms with E-state index in [1.165, 1.54) is 0 Å². The minimum atomic E-state index is 0.0437. The highest BCUT2D eigenvalue weighted by molar-refractivity contribution is 8.00. The highest BCUT2D eigenvalue weighted by atomic mass is 32.2. The topological polar surface area (TPSA) is 29.1 Å². The Labute approximate surface area is 108 Å². The number of rotatable bonds is 6. The fraction of sp³-hybridized carbons (Fsp3) is 0.500. The average Bonchev–Trinajstić information content (AvgIpc) is 2.29. The van der Waals surface area contributed by atoms with E-state index in [0.29, 0.717) is 5.25 Å². The lowest BCUT2D eigenvalue weighted by Crippen LogP contribution is -2.24. The van der Waals surface area contributed by atoms with Gasteiger partial charge >= 0.3 is 0 Å². The first-order valence-corrected chi connectivity index (χ1v) is 7.07. The van der Waals surface area contributed by atoms with Crippen molar-refractivity contribution >= 4 is 17.7 Å². The molecule has 0 aliphatic rings. The van der Waals surface area contributed by atoms with Gasteiger partial charge in [0.15, 0.2) is 0 Å². The summed E-state index contributed by atoms with van der Waals surface area (Å²) in [6, 6.07) is 7.80. The van der Waals surface area contributed by atoms with E-state index in [0.717, 1.165) is 29.8 Å². The van der Waals surface area contributed by atoms with Crippen LogP contribution in [0.5, 0.6) is 0 Å². The molecule has 0 aliphatic heterocycles. The largest absolute Gasteiger partial charge is 0.352 e. The summed E-state index contributed by atoms with van der Waals surface area (Å²) in [6.45, 7) is 7.15. The van der Waals surface area contributed by atoms with Gasteiger partial charge in [-0.25, -0.2) is 0 Å². The van der Waals surface area contributed by atoms with E-state index in [9.17, 15) is 4.79 Å². The molecule has 1 rings (SSSR count). The van der Waals surface area contributed by atoms with Crippen LogP contribution in [0.3, 0.4) is 0 Å². The molecule has 0 unspecified atom stereocenters. The van der Waals surface area contributed by atoms with Crippen molar-refractivity contribution in [1.82, 2.24) is 5.32 Å². The van der Waals surface area contributed by atoms with Crippen LogP contribution in [0.4, 0.5) is 0 Å². The standard InChI is InChI=1S/C14H21NOS/c1-4-5-10-15-14(16)12-8-6-7-9-13(12)17-11(2)3/h6-9,11H,4-5,10H2,1-3H3,(H,15,16). The molecule has 0 aliphatic carbocycles. The van der Waals surface area contributed by atoms with Crippen LogP contribution < -0.4 is 5.32 Å². The van der Waals surface area contributed by atoms with Gasteiger partial charge in [-0.2, -0.15) is 0 Å². The van der Waals surface area contributed by atoms with Crippen molar-refractivity contribution in [1.29, 1.82) is 0 Å². The van der Waals surface area contributed by atoms with Crippen molar-refractivity contribution in [2.45, 2.75) is 43.8 Å². The molecule has 1 amide bonds. The fourth-order valence-electron chi connectivity index (χ4n) is 1.48. The monoisotopic (exact) mass is 251 g/mol. The van der Waals surface area contributed by atoms with E-state index in [1.807, 2.05) is 24.3 Å². The van der Waals surface area contributed by atoms with Crippen LogP contribution in [0, 0.1) is 0 Å². The van der Waals surface area contributed by atoms with Crippen molar-refractivity contribution in [3.63, 3.8) is 0 Å². The third-order valence-corrected chi connectivity index (χ3v) is 3.39. The Hall–Kier alpha value is -0.960. The molecule has 1 aromatic rings. The number of thioether (sulfide) groups is 1. The molecule has 0 fully saturated rings. The summed E-state index contributed by atoms with van der Waals surface area (Å²) in [6.07, 6.45) is 2.13. The number of carbonyl (C=O) groups is 1. The normalized spacial score (nSPS) is 10.6. The number of nitrogens with one attached hydrogen (secondary N) is 1. The molecule has 0 saturated carbocycles. The van der Waals surface area contributed by atoms with Crippen molar-refractivity contribution in [2.75, 3.05) is 6.54 Å². The van der Waals surface area contributed by atoms with Crippen LogP contribution in [0.1, 0.15) is 44.0 Å². The minimum absolute atomic E-state index is 0.0437. The number of hydrogen-bond acceptors (Lipinski definition) is 2. The van der Waals surface area contributed by atoms with E-state index in [2.05, 4.69) is 26.1 Å².